The van der Waals surface area contributed by atoms with Gasteiger partial charge in [0.1, 0.15) is 12.4 Å². The fourth-order valence-electron chi connectivity index (χ4n) is 8.02. The molecule has 0 amide bonds. The van der Waals surface area contributed by atoms with Crippen LogP contribution < -0.4 is 4.57 Å². The Labute approximate surface area is 304 Å². The van der Waals surface area contributed by atoms with Crippen molar-refractivity contribution < 1.29 is 4.57 Å². The van der Waals surface area contributed by atoms with Crippen LogP contribution in [0.5, 0.6) is 0 Å². The van der Waals surface area contributed by atoms with Gasteiger partial charge in [0.25, 0.3) is 5.82 Å². The molecule has 0 saturated carbocycles. The first-order valence-electron chi connectivity index (χ1n) is 22.8. The first-order chi connectivity index (χ1) is 23.7. The summed E-state index contributed by atoms with van der Waals surface area (Å²) in [4.78, 5) is 3.78. The highest BCUT2D eigenvalue weighted by Crippen LogP contribution is 2.27. The number of rotatable bonds is 39. The van der Waals surface area contributed by atoms with Crippen LogP contribution >= 0.6 is 0 Å². The van der Waals surface area contributed by atoms with E-state index in [0.29, 0.717) is 12.0 Å². The van der Waals surface area contributed by atoms with Crippen LogP contribution in [0, 0.1) is 0 Å². The van der Waals surface area contributed by atoms with Crippen LogP contribution in [0.25, 0.3) is 0 Å². The Morgan fingerprint density at radius 2 is 0.667 bits per heavy atom. The van der Waals surface area contributed by atoms with E-state index in [0.717, 1.165) is 0 Å². The third kappa shape index (κ3) is 27.0. The first-order valence-corrected chi connectivity index (χ1v) is 22.8. The van der Waals surface area contributed by atoms with Crippen molar-refractivity contribution in [3.8, 4) is 0 Å². The first kappa shape index (κ1) is 45.2. The van der Waals surface area contributed by atoms with Gasteiger partial charge in [-0.15, -0.1) is 0 Å². The van der Waals surface area contributed by atoms with Gasteiger partial charge in [0.05, 0.1) is 12.0 Å². The van der Waals surface area contributed by atoms with E-state index in [9.17, 15) is 0 Å². The number of hydrogen-bond donors (Lipinski definition) is 1. The molecule has 48 heavy (non-hydrogen) atoms. The molecule has 1 rings (SSSR count). The minimum Gasteiger partial charge on any atom is -0.247 e. The van der Waals surface area contributed by atoms with Gasteiger partial charge >= 0.3 is 0 Å². The largest absolute Gasteiger partial charge is 0.257 e. The Bertz CT molecular complexity index is 738. The number of aromatic nitrogens is 2. The molecular formula is C46H91N2+. The summed E-state index contributed by atoms with van der Waals surface area (Å²) in [6.07, 6.45) is 57.6. The molecule has 1 aromatic rings. The smallest absolute Gasteiger partial charge is 0.247 e. The highest BCUT2D eigenvalue weighted by atomic mass is 15.1. The van der Waals surface area contributed by atoms with E-state index in [4.69, 9.17) is 0 Å². The van der Waals surface area contributed by atoms with Gasteiger partial charge in [-0.1, -0.05) is 233 Å². The van der Waals surface area contributed by atoms with E-state index in [1.54, 1.807) is 5.82 Å². The van der Waals surface area contributed by atoms with Crippen LogP contribution in [0.4, 0.5) is 0 Å². The third-order valence-electron chi connectivity index (χ3n) is 11.4. The second-order valence-corrected chi connectivity index (χ2v) is 16.1. The van der Waals surface area contributed by atoms with Crippen LogP contribution in [0.1, 0.15) is 283 Å². The van der Waals surface area contributed by atoms with Crippen molar-refractivity contribution in [1.82, 2.24) is 4.98 Å². The zero-order valence-electron chi connectivity index (χ0n) is 33.9. The van der Waals surface area contributed by atoms with E-state index in [1.807, 2.05) is 0 Å². The van der Waals surface area contributed by atoms with Crippen LogP contribution in [0.15, 0.2) is 12.4 Å². The van der Waals surface area contributed by atoms with Gasteiger partial charge in [-0.05, 0) is 32.6 Å². The topological polar surface area (TPSA) is 19.7 Å². The summed E-state index contributed by atoms with van der Waals surface area (Å²) in [5, 5.41) is 0. The van der Waals surface area contributed by atoms with Gasteiger partial charge < -0.3 is 0 Å². The van der Waals surface area contributed by atoms with E-state index in [-0.39, 0.29) is 0 Å². The molecule has 284 valence electrons. The molecule has 2 atom stereocenters. The summed E-state index contributed by atoms with van der Waals surface area (Å²) in [5.74, 6) is 2.25. The Morgan fingerprint density at radius 3 is 0.979 bits per heavy atom. The zero-order valence-corrected chi connectivity index (χ0v) is 33.9. The predicted octanol–water partition coefficient (Wildman–Crippen LogP) is 16.4. The van der Waals surface area contributed by atoms with Gasteiger partial charge in [0, 0.05) is 0 Å². The molecule has 0 bridgehead atoms. The Morgan fingerprint density at radius 1 is 0.396 bits per heavy atom. The molecule has 0 saturated heterocycles. The monoisotopic (exact) mass is 672 g/mol. The lowest BCUT2D eigenvalue weighted by Gasteiger charge is -2.17. The molecule has 0 aliphatic carbocycles. The molecule has 0 aliphatic heterocycles. The average molecular weight is 672 g/mol. The molecule has 0 fully saturated rings. The Kier molecular flexibility index (Phi) is 33.9. The van der Waals surface area contributed by atoms with E-state index >= 15 is 0 Å². The van der Waals surface area contributed by atoms with E-state index in [1.165, 1.54) is 238 Å². The molecule has 1 N–H and O–H groups in total. The van der Waals surface area contributed by atoms with Gasteiger partial charge in [-0.2, -0.15) is 0 Å². The third-order valence-corrected chi connectivity index (χ3v) is 11.4. The van der Waals surface area contributed by atoms with Crippen molar-refractivity contribution in [2.45, 2.75) is 277 Å². The minimum atomic E-state index is 0.617. The van der Waals surface area contributed by atoms with Crippen LogP contribution in [0.3, 0.4) is 0 Å². The van der Waals surface area contributed by atoms with Crippen molar-refractivity contribution in [3.05, 3.63) is 18.2 Å². The SMILES string of the molecule is CCCCCCCCCCCCCCCC(CCCCCCCCCCCCC)c1[nH]cc[n+]1C(C)CCCCCCCCCCCC. The maximum absolute atomic E-state index is 3.78. The maximum Gasteiger partial charge on any atom is 0.257 e. The second-order valence-electron chi connectivity index (χ2n) is 16.1. The molecule has 0 radical (unpaired) electrons. The number of nitrogens with one attached hydrogen (secondary N) is 1. The molecule has 0 aliphatic rings. The normalized spacial score (nSPS) is 13.0. The lowest BCUT2D eigenvalue weighted by atomic mass is 9.92. The van der Waals surface area contributed by atoms with Crippen molar-refractivity contribution in [3.63, 3.8) is 0 Å². The second kappa shape index (κ2) is 36.0. The summed E-state index contributed by atoms with van der Waals surface area (Å²) in [7, 11) is 0. The standard InChI is InChI=1S/C46H90N2/c1-5-8-11-14-17-20-23-24-26-29-32-35-38-41-45(40-37-34-31-28-25-21-18-15-12-9-6-2)46-47-42-43-48(46)44(4)39-36-33-30-27-22-19-16-13-10-7-3/h42-45H,5-41H2,1-4H3/p+1. The molecule has 0 aromatic carbocycles. The summed E-state index contributed by atoms with van der Waals surface area (Å²) < 4.78 is 2.65. The van der Waals surface area contributed by atoms with Crippen LogP contribution in [-0.2, 0) is 0 Å². The summed E-state index contributed by atoms with van der Waals surface area (Å²) >= 11 is 0. The lowest BCUT2D eigenvalue weighted by molar-refractivity contribution is -0.727. The van der Waals surface area contributed by atoms with Gasteiger partial charge in [0.2, 0.25) is 0 Å². The van der Waals surface area contributed by atoms with Crippen molar-refractivity contribution in [2.75, 3.05) is 0 Å². The fraction of sp³-hybridized carbons (Fsp3) is 0.935. The highest BCUT2D eigenvalue weighted by Gasteiger charge is 2.25. The van der Waals surface area contributed by atoms with Gasteiger partial charge in [0.15, 0.2) is 0 Å². The molecule has 1 aromatic heterocycles. The number of hydrogen-bond acceptors (Lipinski definition) is 0. The predicted molar refractivity (Wildman–Crippen MR) is 216 cm³/mol. The molecule has 1 heterocycles. The van der Waals surface area contributed by atoms with Crippen LogP contribution in [0.2, 0.25) is 0 Å². The number of imidazole rings is 1. The number of H-pyrrole nitrogens is 1. The van der Waals surface area contributed by atoms with E-state index < -0.39 is 0 Å². The molecule has 2 nitrogen and oxygen atoms in total. The van der Waals surface area contributed by atoms with E-state index in [2.05, 4.69) is 49.6 Å². The van der Waals surface area contributed by atoms with Crippen molar-refractivity contribution >= 4 is 0 Å². The van der Waals surface area contributed by atoms with Crippen molar-refractivity contribution in [2.24, 2.45) is 0 Å². The summed E-state index contributed by atoms with van der Waals surface area (Å²) in [6, 6.07) is 0.617. The van der Waals surface area contributed by atoms with Gasteiger partial charge in [-0.3, -0.25) is 0 Å². The maximum atomic E-state index is 3.78. The quantitative estimate of drug-likeness (QED) is 0.0531. The number of unbranched alkanes of at least 4 members (excludes halogenated alkanes) is 31. The number of nitrogens with zero attached hydrogens (tertiary/aromatic N) is 1. The van der Waals surface area contributed by atoms with Crippen LogP contribution in [-0.4, -0.2) is 4.98 Å². The molecule has 2 unspecified atom stereocenters. The lowest BCUT2D eigenvalue weighted by Crippen LogP contribution is -2.41. The minimum absolute atomic E-state index is 0.617. The fourth-order valence-corrected chi connectivity index (χ4v) is 8.02. The average Bonchev–Trinajstić information content (AvgIpc) is 3.59. The molecule has 2 heteroatoms. The van der Waals surface area contributed by atoms with Gasteiger partial charge in [-0.25, -0.2) is 9.55 Å². The number of aromatic amines is 1. The molecular weight excluding hydrogens is 581 g/mol. The van der Waals surface area contributed by atoms with Crippen molar-refractivity contribution in [1.29, 1.82) is 0 Å². The summed E-state index contributed by atoms with van der Waals surface area (Å²) in [5.41, 5.74) is 0. The molecule has 0 spiro atoms. The Hall–Kier alpha value is -0.790. The zero-order chi connectivity index (χ0) is 34.6. The summed E-state index contributed by atoms with van der Waals surface area (Å²) in [6.45, 7) is 9.43. The highest BCUT2D eigenvalue weighted by molar-refractivity contribution is 4.90. The Balaban J connectivity index is 2.40.